The molecule has 0 radical (unpaired) electrons. The normalized spacial score (nSPS) is 14.1. The van der Waals surface area contributed by atoms with E-state index in [1.54, 1.807) is 33.3 Å². The van der Waals surface area contributed by atoms with Crippen molar-refractivity contribution in [2.24, 2.45) is 0 Å². The highest BCUT2D eigenvalue weighted by Crippen LogP contribution is 2.27. The molecule has 2 aromatic carbocycles. The fourth-order valence-electron chi connectivity index (χ4n) is 3.55. The van der Waals surface area contributed by atoms with E-state index in [2.05, 4.69) is 5.32 Å². The average molecular weight is 474 g/mol. The molecule has 0 unspecified atom stereocenters. The summed E-state index contributed by atoms with van der Waals surface area (Å²) < 4.78 is 0. The van der Waals surface area contributed by atoms with E-state index in [9.17, 15) is 9.59 Å². The number of thiophene rings is 1. The Morgan fingerprint density at radius 2 is 1.90 bits per heavy atom. The molecule has 0 spiro atoms. The minimum atomic E-state index is -0.0779. The van der Waals surface area contributed by atoms with Crippen LogP contribution in [0.5, 0.6) is 0 Å². The Kier molecular flexibility index (Phi) is 6.80. The monoisotopic (exact) mass is 473 g/mol. The van der Waals surface area contributed by atoms with Gasteiger partial charge in [-0.3, -0.25) is 9.69 Å². The van der Waals surface area contributed by atoms with Gasteiger partial charge >= 0.3 is 6.03 Å². The zero-order valence-corrected chi connectivity index (χ0v) is 19.0. The fourth-order valence-corrected chi connectivity index (χ4v) is 4.58. The van der Waals surface area contributed by atoms with Crippen molar-refractivity contribution >= 4 is 57.9 Å². The lowest BCUT2D eigenvalue weighted by Gasteiger charge is -2.36. The lowest BCUT2D eigenvalue weighted by molar-refractivity contribution is -0.115. The lowest BCUT2D eigenvalue weighted by atomic mass is 10.1. The summed E-state index contributed by atoms with van der Waals surface area (Å²) in [5.41, 5.74) is 2.37. The van der Waals surface area contributed by atoms with Gasteiger partial charge in [-0.15, -0.1) is 11.3 Å². The van der Waals surface area contributed by atoms with Crippen molar-refractivity contribution < 1.29 is 9.59 Å². The Balaban J connectivity index is 1.44. The smallest absolute Gasteiger partial charge is 0.324 e. The highest BCUT2D eigenvalue weighted by molar-refractivity contribution is 7.10. The Morgan fingerprint density at radius 3 is 2.68 bits per heavy atom. The number of amides is 3. The van der Waals surface area contributed by atoms with Crippen LogP contribution in [0.25, 0.3) is 0 Å². The summed E-state index contributed by atoms with van der Waals surface area (Å²) in [4.78, 5) is 30.0. The predicted octanol–water partition coefficient (Wildman–Crippen LogP) is 6.07. The first-order chi connectivity index (χ1) is 15.0. The molecule has 2 heterocycles. The molecule has 31 heavy (non-hydrogen) atoms. The number of carbonyl (C=O) groups is 2. The van der Waals surface area contributed by atoms with Crippen molar-refractivity contribution in [1.82, 2.24) is 4.90 Å². The predicted molar refractivity (Wildman–Crippen MR) is 127 cm³/mol. The standard InChI is InChI=1S/C23H21Cl2N3O2S/c24-20-8-7-16(12-21(20)25)15-27-9-3-10-28(23(27)30)18-5-1-4-17(13-18)26-22(29)14-19-6-2-11-31-19/h1-2,4-8,11-13H,3,9-10,14-15H2,(H,26,29). The van der Waals surface area contributed by atoms with Crippen LogP contribution in [-0.2, 0) is 17.8 Å². The summed E-state index contributed by atoms with van der Waals surface area (Å²) in [5, 5.41) is 5.85. The number of carbonyl (C=O) groups excluding carboxylic acids is 2. The summed E-state index contributed by atoms with van der Waals surface area (Å²) in [5.74, 6) is -0.0779. The first-order valence-corrected chi connectivity index (χ1v) is 11.6. The zero-order chi connectivity index (χ0) is 21.8. The molecule has 1 aromatic heterocycles. The highest BCUT2D eigenvalue weighted by Gasteiger charge is 2.27. The molecule has 4 rings (SSSR count). The molecule has 3 aromatic rings. The van der Waals surface area contributed by atoms with Gasteiger partial charge in [0.25, 0.3) is 0 Å². The van der Waals surface area contributed by atoms with Crippen molar-refractivity contribution in [3.05, 3.63) is 80.5 Å². The van der Waals surface area contributed by atoms with Crippen LogP contribution in [0.2, 0.25) is 10.0 Å². The topological polar surface area (TPSA) is 52.7 Å². The Bertz CT molecular complexity index is 1090. The van der Waals surface area contributed by atoms with E-state index in [1.165, 1.54) is 0 Å². The van der Waals surface area contributed by atoms with E-state index >= 15 is 0 Å². The second-order valence-electron chi connectivity index (χ2n) is 7.31. The number of hydrogen-bond acceptors (Lipinski definition) is 3. The quantitative estimate of drug-likeness (QED) is 0.472. The van der Waals surface area contributed by atoms with E-state index in [-0.39, 0.29) is 11.9 Å². The van der Waals surface area contributed by atoms with Gasteiger partial charge in [-0.25, -0.2) is 4.79 Å². The summed E-state index contributed by atoms with van der Waals surface area (Å²) >= 11 is 13.7. The number of benzene rings is 2. The number of nitrogens with zero attached hydrogens (tertiary/aromatic N) is 2. The number of halogens is 2. The van der Waals surface area contributed by atoms with Gasteiger partial charge in [0.1, 0.15) is 0 Å². The third kappa shape index (κ3) is 5.39. The third-order valence-electron chi connectivity index (χ3n) is 5.03. The van der Waals surface area contributed by atoms with E-state index in [1.807, 2.05) is 47.8 Å². The van der Waals surface area contributed by atoms with Gasteiger partial charge in [0.15, 0.2) is 0 Å². The Hall–Kier alpha value is -2.54. The van der Waals surface area contributed by atoms with E-state index < -0.39 is 0 Å². The molecule has 1 aliphatic heterocycles. The van der Waals surface area contributed by atoms with Crippen molar-refractivity contribution in [3.8, 4) is 0 Å². The average Bonchev–Trinajstić information content (AvgIpc) is 3.25. The van der Waals surface area contributed by atoms with Crippen LogP contribution in [0, 0.1) is 0 Å². The van der Waals surface area contributed by atoms with Crippen molar-refractivity contribution in [2.45, 2.75) is 19.4 Å². The first kappa shape index (κ1) is 21.7. The fraction of sp³-hybridized carbons (Fsp3) is 0.217. The molecule has 5 nitrogen and oxygen atoms in total. The third-order valence-corrected chi connectivity index (χ3v) is 6.64. The number of rotatable bonds is 6. The van der Waals surface area contributed by atoms with Gasteiger partial charge in [-0.05, 0) is 53.8 Å². The number of anilines is 2. The van der Waals surface area contributed by atoms with Gasteiger partial charge in [0.2, 0.25) is 5.91 Å². The molecule has 0 atom stereocenters. The molecule has 0 aliphatic carbocycles. The first-order valence-electron chi connectivity index (χ1n) is 9.92. The van der Waals surface area contributed by atoms with Crippen molar-refractivity contribution in [2.75, 3.05) is 23.3 Å². The van der Waals surface area contributed by atoms with Gasteiger partial charge in [-0.1, -0.05) is 41.4 Å². The number of nitrogens with one attached hydrogen (secondary N) is 1. The molecule has 1 fully saturated rings. The Labute approximate surface area is 195 Å². The molecular formula is C23H21Cl2N3O2S. The zero-order valence-electron chi connectivity index (χ0n) is 16.7. The number of hydrogen-bond donors (Lipinski definition) is 1. The molecular weight excluding hydrogens is 453 g/mol. The van der Waals surface area contributed by atoms with Crippen molar-refractivity contribution in [3.63, 3.8) is 0 Å². The molecule has 160 valence electrons. The second-order valence-corrected chi connectivity index (χ2v) is 9.16. The summed E-state index contributed by atoms with van der Waals surface area (Å²) in [6.07, 6.45) is 1.18. The van der Waals surface area contributed by atoms with Crippen LogP contribution in [0.4, 0.5) is 16.2 Å². The van der Waals surface area contributed by atoms with Crippen LogP contribution >= 0.6 is 34.5 Å². The van der Waals surface area contributed by atoms with Gasteiger partial charge in [0, 0.05) is 35.9 Å². The minimum absolute atomic E-state index is 0.0700. The van der Waals surface area contributed by atoms with Crippen LogP contribution in [-0.4, -0.2) is 29.9 Å². The van der Waals surface area contributed by atoms with E-state index in [0.717, 1.165) is 22.5 Å². The largest absolute Gasteiger partial charge is 0.326 e. The van der Waals surface area contributed by atoms with Gasteiger partial charge in [-0.2, -0.15) is 0 Å². The SMILES string of the molecule is O=C(Cc1cccs1)Nc1cccc(N2CCCN(Cc3ccc(Cl)c(Cl)c3)C2=O)c1. The minimum Gasteiger partial charge on any atom is -0.326 e. The van der Waals surface area contributed by atoms with E-state index in [4.69, 9.17) is 23.2 Å². The summed E-state index contributed by atoms with van der Waals surface area (Å²) in [7, 11) is 0. The maximum atomic E-state index is 13.1. The van der Waals surface area contributed by atoms with Gasteiger partial charge in [0.05, 0.1) is 16.5 Å². The Morgan fingerprint density at radius 1 is 1.03 bits per heavy atom. The summed E-state index contributed by atoms with van der Waals surface area (Å²) in [6.45, 7) is 1.76. The van der Waals surface area contributed by atoms with Crippen molar-refractivity contribution in [1.29, 1.82) is 0 Å². The summed E-state index contributed by atoms with van der Waals surface area (Å²) in [6, 6.07) is 16.6. The lowest BCUT2D eigenvalue weighted by Crippen LogP contribution is -2.49. The van der Waals surface area contributed by atoms with E-state index in [0.29, 0.717) is 41.8 Å². The second kappa shape index (κ2) is 9.73. The maximum absolute atomic E-state index is 13.1. The molecule has 1 saturated heterocycles. The molecule has 0 bridgehead atoms. The highest BCUT2D eigenvalue weighted by atomic mass is 35.5. The molecule has 0 saturated carbocycles. The number of urea groups is 1. The molecule has 1 aliphatic rings. The van der Waals surface area contributed by atoms with Gasteiger partial charge < -0.3 is 10.2 Å². The molecule has 1 N–H and O–H groups in total. The van der Waals surface area contributed by atoms with Crippen LogP contribution in [0.3, 0.4) is 0 Å². The molecule has 8 heteroatoms. The van der Waals surface area contributed by atoms with Crippen LogP contribution in [0.1, 0.15) is 16.9 Å². The molecule has 3 amide bonds. The van der Waals surface area contributed by atoms with Crippen LogP contribution < -0.4 is 10.2 Å². The maximum Gasteiger partial charge on any atom is 0.324 e. The van der Waals surface area contributed by atoms with Crippen LogP contribution in [0.15, 0.2) is 60.0 Å².